The van der Waals surface area contributed by atoms with Gasteiger partial charge in [-0.05, 0) is 48.5 Å². The number of fused-ring (bicyclic) bond motifs is 1. The Morgan fingerprint density at radius 3 is 2.07 bits per heavy atom. The molecule has 0 saturated heterocycles. The summed E-state index contributed by atoms with van der Waals surface area (Å²) in [6, 6.07) is 25.8. The minimum atomic E-state index is -6.00. The van der Waals surface area contributed by atoms with Gasteiger partial charge in [-0.3, -0.25) is 0 Å². The molecule has 1 N–H and O–H groups in total. The maximum absolute atomic E-state index is 9.75. The molecule has 0 saturated carbocycles. The number of nitrogens with one attached hydrogen (secondary N) is 1. The van der Waals surface area contributed by atoms with Gasteiger partial charge in [0, 0.05) is 27.2 Å². The first-order valence-corrected chi connectivity index (χ1v) is 9.88. The van der Waals surface area contributed by atoms with Gasteiger partial charge in [-0.2, -0.15) is 0 Å². The van der Waals surface area contributed by atoms with Gasteiger partial charge in [-0.1, -0.05) is 39.7 Å². The van der Waals surface area contributed by atoms with Crippen molar-refractivity contribution in [1.29, 1.82) is 0 Å². The molecule has 0 amide bonds. The second-order valence-electron chi connectivity index (χ2n) is 6.15. The van der Waals surface area contributed by atoms with Crippen LogP contribution in [0, 0.1) is 0 Å². The van der Waals surface area contributed by atoms with E-state index in [1.54, 1.807) is 0 Å². The van der Waals surface area contributed by atoms with Crippen molar-refractivity contribution < 1.29 is 26.7 Å². The number of rotatable bonds is 2. The first-order valence-electron chi connectivity index (χ1n) is 8.71. The molecule has 30 heavy (non-hydrogen) atoms. The van der Waals surface area contributed by atoms with Crippen molar-refractivity contribution in [3.8, 4) is 11.3 Å². The minimum Gasteiger partial charge on any atom is -0.456 e. The molecule has 154 valence electrons. The largest absolute Gasteiger partial charge is 0.673 e. The molecule has 4 aromatic rings. The Hall–Kier alpha value is -2.58. The van der Waals surface area contributed by atoms with E-state index in [1.165, 1.54) is 0 Å². The summed E-state index contributed by atoms with van der Waals surface area (Å²) in [5.74, 6) is 0.787. The molecule has 0 aliphatic rings. The summed E-state index contributed by atoms with van der Waals surface area (Å²) in [7, 11) is -6.00. The van der Waals surface area contributed by atoms with E-state index in [2.05, 4.69) is 20.9 Å². The third kappa shape index (κ3) is 6.47. The quantitative estimate of drug-likeness (QED) is 0.261. The maximum atomic E-state index is 9.75. The summed E-state index contributed by atoms with van der Waals surface area (Å²) in [6.45, 7) is 0. The van der Waals surface area contributed by atoms with Gasteiger partial charge in [0.2, 0.25) is 11.0 Å². The number of para-hydroxylation sites is 1. The lowest BCUT2D eigenvalue weighted by molar-refractivity contribution is -0.400. The highest BCUT2D eigenvalue weighted by Gasteiger charge is 2.20. The van der Waals surface area contributed by atoms with Crippen LogP contribution in [-0.2, 0) is 0 Å². The lowest BCUT2D eigenvalue weighted by Crippen LogP contribution is -2.70. The van der Waals surface area contributed by atoms with Crippen LogP contribution in [0.2, 0.25) is 5.02 Å². The highest BCUT2D eigenvalue weighted by molar-refractivity contribution is 9.10. The summed E-state index contributed by atoms with van der Waals surface area (Å²) in [5, 5.41) is 2.73. The molecule has 0 unspecified atom stereocenters. The van der Waals surface area contributed by atoms with Crippen molar-refractivity contribution in [3.05, 3.63) is 93.7 Å². The summed E-state index contributed by atoms with van der Waals surface area (Å²) in [4.78, 5) is 3.49. The fourth-order valence-electron chi connectivity index (χ4n) is 2.68. The fraction of sp³-hybridized carbons (Fsp3) is 0. The molecular formula is C21H14BBrClF4NO. The van der Waals surface area contributed by atoms with Crippen LogP contribution in [-0.4, -0.2) is 7.25 Å². The van der Waals surface area contributed by atoms with E-state index in [0.29, 0.717) is 5.02 Å². The van der Waals surface area contributed by atoms with Crippen molar-refractivity contribution in [2.45, 2.75) is 0 Å². The zero-order valence-corrected chi connectivity index (χ0v) is 17.6. The van der Waals surface area contributed by atoms with Gasteiger partial charge < -0.3 is 21.7 Å². The molecule has 0 aliphatic carbocycles. The van der Waals surface area contributed by atoms with Crippen molar-refractivity contribution in [2.24, 2.45) is 0 Å². The van der Waals surface area contributed by atoms with Crippen molar-refractivity contribution in [3.63, 3.8) is 0 Å². The Morgan fingerprint density at radius 1 is 0.833 bits per heavy atom. The summed E-state index contributed by atoms with van der Waals surface area (Å²) >= 11 is 9.46. The van der Waals surface area contributed by atoms with E-state index in [9.17, 15) is 17.3 Å². The van der Waals surface area contributed by atoms with Crippen LogP contribution < -0.4 is 10.3 Å². The molecule has 1 aromatic heterocycles. The molecule has 0 spiro atoms. The van der Waals surface area contributed by atoms with Crippen LogP contribution in [0.25, 0.3) is 22.3 Å². The van der Waals surface area contributed by atoms with Gasteiger partial charge in [0.1, 0.15) is 11.3 Å². The van der Waals surface area contributed by atoms with Crippen LogP contribution in [0.5, 0.6) is 0 Å². The molecule has 1 heterocycles. The van der Waals surface area contributed by atoms with E-state index in [4.69, 9.17) is 16.0 Å². The molecule has 3 aromatic carbocycles. The smallest absolute Gasteiger partial charge is 0.456 e. The maximum Gasteiger partial charge on any atom is 0.673 e. The highest BCUT2D eigenvalue weighted by Crippen LogP contribution is 2.23. The summed E-state index contributed by atoms with van der Waals surface area (Å²) in [5.41, 5.74) is 2.82. The van der Waals surface area contributed by atoms with Crippen LogP contribution in [0.4, 0.5) is 23.0 Å². The Bertz CT molecular complexity index is 1200. The van der Waals surface area contributed by atoms with E-state index in [0.717, 1.165) is 37.8 Å². The number of halogens is 6. The molecule has 2 nitrogen and oxygen atoms in total. The van der Waals surface area contributed by atoms with Gasteiger partial charge in [0.25, 0.3) is 0 Å². The fourth-order valence-corrected chi connectivity index (χ4v) is 3.07. The van der Waals surface area contributed by atoms with E-state index in [-0.39, 0.29) is 0 Å². The van der Waals surface area contributed by atoms with Crippen LogP contribution >= 0.6 is 27.5 Å². The normalized spacial score (nSPS) is 11.9. The zero-order valence-electron chi connectivity index (χ0n) is 15.3. The predicted octanol–water partition coefficient (Wildman–Crippen LogP) is 6.13. The van der Waals surface area contributed by atoms with Crippen molar-refractivity contribution >= 4 is 51.4 Å². The Morgan fingerprint density at radius 2 is 1.43 bits per heavy atom. The molecular weight excluding hydrogens is 484 g/mol. The summed E-state index contributed by atoms with van der Waals surface area (Å²) < 4.78 is 46.1. The van der Waals surface area contributed by atoms with Crippen LogP contribution in [0.3, 0.4) is 0 Å². The molecule has 4 rings (SSSR count). The van der Waals surface area contributed by atoms with Gasteiger partial charge in [0.15, 0.2) is 0 Å². The molecule has 9 heteroatoms. The highest BCUT2D eigenvalue weighted by atomic mass is 79.9. The second kappa shape index (κ2) is 9.49. The van der Waals surface area contributed by atoms with E-state index >= 15 is 0 Å². The Labute approximate surface area is 183 Å². The van der Waals surface area contributed by atoms with Crippen LogP contribution in [0.15, 0.2) is 87.8 Å². The molecule has 0 aliphatic heterocycles. The first kappa shape index (κ1) is 22.1. The summed E-state index contributed by atoms with van der Waals surface area (Å²) in [6.07, 6.45) is 0. The number of benzene rings is 3. The zero-order chi connectivity index (χ0) is 21.7. The van der Waals surface area contributed by atoms with Gasteiger partial charge >= 0.3 is 7.25 Å². The number of hydrogen-bond donors (Lipinski definition) is 1. The van der Waals surface area contributed by atoms with Crippen molar-refractivity contribution in [2.75, 3.05) is 0 Å². The van der Waals surface area contributed by atoms with E-state index < -0.39 is 7.25 Å². The molecule has 0 bridgehead atoms. The van der Waals surface area contributed by atoms with E-state index in [1.807, 2.05) is 78.9 Å². The minimum absolute atomic E-state index is 0.706. The third-order valence-electron chi connectivity index (χ3n) is 3.92. The predicted molar refractivity (Wildman–Crippen MR) is 115 cm³/mol. The first-order chi connectivity index (χ1) is 14.2. The van der Waals surface area contributed by atoms with Gasteiger partial charge in [-0.25, -0.2) is 4.99 Å². The van der Waals surface area contributed by atoms with Gasteiger partial charge in [0.05, 0.1) is 11.5 Å². The Balaban J connectivity index is 0.000000461. The topological polar surface area (TPSA) is 27.1 Å². The number of hydrogen-bond acceptors (Lipinski definition) is 1. The SMILES string of the molecule is Clc1ccc(-c2cc(=[NH+]c3ccc(Br)cc3)c3ccccc3o2)cc1.F[B-](F)(F)F. The average molecular weight is 499 g/mol. The second-order valence-corrected chi connectivity index (χ2v) is 7.51. The van der Waals surface area contributed by atoms with Crippen molar-refractivity contribution in [1.82, 2.24) is 0 Å². The molecule has 0 radical (unpaired) electrons. The third-order valence-corrected chi connectivity index (χ3v) is 4.71. The lowest BCUT2D eigenvalue weighted by atomic mass is 10.1. The molecule has 0 atom stereocenters. The monoisotopic (exact) mass is 497 g/mol. The van der Waals surface area contributed by atoms with Gasteiger partial charge in [-0.15, -0.1) is 0 Å². The Kier molecular flexibility index (Phi) is 7.00. The lowest BCUT2D eigenvalue weighted by Gasteiger charge is -2.03. The standard InChI is InChI=1S/C21H13BrClNO.BF4/c22-15-7-11-17(12-8-15)24-19-13-21(14-5-9-16(23)10-6-14)25-20-4-2-1-3-18(19)20;2-1(3,4)5/h1-13H;/q;-1/p+1. The molecule has 0 fully saturated rings. The average Bonchev–Trinajstić information content (AvgIpc) is 2.69. The van der Waals surface area contributed by atoms with Crippen LogP contribution in [0.1, 0.15) is 0 Å².